The molecule has 112 valence electrons. The van der Waals surface area contributed by atoms with Crippen LogP contribution in [-0.4, -0.2) is 9.97 Å². The fraction of sp³-hybridized carbons (Fsp3) is 0.286. The number of aromatic nitrogens is 2. The SMILES string of the molecule is Cc1cc(C)c(CNc2cccc(C(F)(F)F)n2)c(=O)[nH]1. The van der Waals surface area contributed by atoms with Crippen LogP contribution in [0.5, 0.6) is 0 Å². The maximum absolute atomic E-state index is 12.6. The molecule has 0 atom stereocenters. The van der Waals surface area contributed by atoms with Gasteiger partial charge in [-0.1, -0.05) is 6.07 Å². The van der Waals surface area contributed by atoms with E-state index in [4.69, 9.17) is 0 Å². The number of pyridine rings is 2. The molecule has 0 bridgehead atoms. The monoisotopic (exact) mass is 297 g/mol. The third kappa shape index (κ3) is 3.62. The van der Waals surface area contributed by atoms with Crippen LogP contribution in [0.1, 0.15) is 22.5 Å². The van der Waals surface area contributed by atoms with Gasteiger partial charge >= 0.3 is 6.18 Å². The minimum atomic E-state index is -4.49. The first-order valence-corrected chi connectivity index (χ1v) is 6.25. The summed E-state index contributed by atoms with van der Waals surface area (Å²) in [6, 6.07) is 5.39. The van der Waals surface area contributed by atoms with Crippen LogP contribution >= 0.6 is 0 Å². The van der Waals surface area contributed by atoms with Gasteiger partial charge in [-0.2, -0.15) is 13.2 Å². The largest absolute Gasteiger partial charge is 0.433 e. The number of anilines is 1. The van der Waals surface area contributed by atoms with Gasteiger partial charge in [0, 0.05) is 17.8 Å². The van der Waals surface area contributed by atoms with Crippen molar-refractivity contribution >= 4 is 5.82 Å². The van der Waals surface area contributed by atoms with Crippen molar-refractivity contribution in [3.63, 3.8) is 0 Å². The fourth-order valence-electron chi connectivity index (χ4n) is 1.97. The molecular formula is C14H14F3N3O. The van der Waals surface area contributed by atoms with Crippen molar-refractivity contribution in [2.24, 2.45) is 0 Å². The summed E-state index contributed by atoms with van der Waals surface area (Å²) >= 11 is 0. The van der Waals surface area contributed by atoms with E-state index in [1.165, 1.54) is 12.1 Å². The summed E-state index contributed by atoms with van der Waals surface area (Å²) in [5, 5.41) is 2.74. The summed E-state index contributed by atoms with van der Waals surface area (Å²) < 4.78 is 37.7. The molecule has 2 rings (SSSR count). The molecule has 0 saturated carbocycles. The third-order valence-electron chi connectivity index (χ3n) is 2.98. The lowest BCUT2D eigenvalue weighted by molar-refractivity contribution is -0.141. The predicted octanol–water partition coefficient (Wildman–Crippen LogP) is 3.02. The van der Waals surface area contributed by atoms with Crippen LogP contribution in [0.2, 0.25) is 0 Å². The lowest BCUT2D eigenvalue weighted by atomic mass is 10.1. The van der Waals surface area contributed by atoms with Crippen molar-refractivity contribution in [2.45, 2.75) is 26.6 Å². The molecule has 0 unspecified atom stereocenters. The van der Waals surface area contributed by atoms with Gasteiger partial charge in [0.25, 0.3) is 5.56 Å². The molecule has 0 aliphatic carbocycles. The van der Waals surface area contributed by atoms with E-state index in [9.17, 15) is 18.0 Å². The van der Waals surface area contributed by atoms with Gasteiger partial charge in [0.15, 0.2) is 0 Å². The van der Waals surface area contributed by atoms with E-state index in [0.717, 1.165) is 17.3 Å². The number of H-pyrrole nitrogens is 1. The van der Waals surface area contributed by atoms with E-state index < -0.39 is 11.9 Å². The van der Waals surface area contributed by atoms with Crippen LogP contribution in [0, 0.1) is 13.8 Å². The van der Waals surface area contributed by atoms with Gasteiger partial charge in [0.2, 0.25) is 0 Å². The van der Waals surface area contributed by atoms with E-state index >= 15 is 0 Å². The minimum absolute atomic E-state index is 0.0733. The van der Waals surface area contributed by atoms with Crippen LogP contribution in [0.25, 0.3) is 0 Å². The molecule has 0 spiro atoms. The van der Waals surface area contributed by atoms with Crippen LogP contribution in [0.3, 0.4) is 0 Å². The molecule has 4 nitrogen and oxygen atoms in total. The summed E-state index contributed by atoms with van der Waals surface area (Å²) in [4.78, 5) is 18.0. The third-order valence-corrected chi connectivity index (χ3v) is 2.98. The highest BCUT2D eigenvalue weighted by Gasteiger charge is 2.32. The van der Waals surface area contributed by atoms with Crippen LogP contribution in [-0.2, 0) is 12.7 Å². The number of nitrogens with zero attached hydrogens (tertiary/aromatic N) is 1. The Labute approximate surface area is 119 Å². The summed E-state index contributed by atoms with van der Waals surface area (Å²) in [5.74, 6) is 0.0733. The molecule has 0 radical (unpaired) electrons. The van der Waals surface area contributed by atoms with Gasteiger partial charge in [0.05, 0.1) is 0 Å². The van der Waals surface area contributed by atoms with Gasteiger partial charge in [0.1, 0.15) is 11.5 Å². The maximum Gasteiger partial charge on any atom is 0.433 e. The van der Waals surface area contributed by atoms with E-state index in [1.807, 2.05) is 0 Å². The average Bonchev–Trinajstić information content (AvgIpc) is 2.36. The number of alkyl halides is 3. The lowest BCUT2D eigenvalue weighted by Crippen LogP contribution is -2.19. The molecule has 2 N–H and O–H groups in total. The Morgan fingerprint density at radius 2 is 2.00 bits per heavy atom. The zero-order chi connectivity index (χ0) is 15.6. The molecule has 21 heavy (non-hydrogen) atoms. The van der Waals surface area contributed by atoms with E-state index in [2.05, 4.69) is 15.3 Å². The number of aryl methyl sites for hydroxylation is 2. The van der Waals surface area contributed by atoms with E-state index in [-0.39, 0.29) is 17.9 Å². The Balaban J connectivity index is 2.20. The molecule has 2 aromatic rings. The standard InChI is InChI=1S/C14H14F3N3O/c1-8-6-9(2)19-13(21)10(8)7-18-12-5-3-4-11(20-12)14(15,16)17/h3-6H,7H2,1-2H3,(H,18,20)(H,19,21). The zero-order valence-electron chi connectivity index (χ0n) is 11.5. The second kappa shape index (κ2) is 5.59. The molecule has 7 heteroatoms. The van der Waals surface area contributed by atoms with E-state index in [1.54, 1.807) is 19.9 Å². The second-order valence-electron chi connectivity index (χ2n) is 4.70. The smallest absolute Gasteiger partial charge is 0.366 e. The van der Waals surface area contributed by atoms with Crippen molar-refractivity contribution in [3.8, 4) is 0 Å². The maximum atomic E-state index is 12.6. The van der Waals surface area contributed by atoms with Crippen molar-refractivity contribution in [2.75, 3.05) is 5.32 Å². The van der Waals surface area contributed by atoms with Crippen LogP contribution < -0.4 is 10.9 Å². The number of rotatable bonds is 3. The zero-order valence-corrected chi connectivity index (χ0v) is 11.5. The highest BCUT2D eigenvalue weighted by Crippen LogP contribution is 2.28. The Morgan fingerprint density at radius 3 is 2.62 bits per heavy atom. The minimum Gasteiger partial charge on any atom is -0.366 e. The summed E-state index contributed by atoms with van der Waals surface area (Å²) in [5.41, 5.74) is 0.753. The van der Waals surface area contributed by atoms with Crippen molar-refractivity contribution < 1.29 is 13.2 Å². The predicted molar refractivity (Wildman–Crippen MR) is 73.1 cm³/mol. The van der Waals surface area contributed by atoms with Crippen LogP contribution in [0.4, 0.5) is 19.0 Å². The number of hydrogen-bond acceptors (Lipinski definition) is 3. The topological polar surface area (TPSA) is 57.8 Å². The Kier molecular flexibility index (Phi) is 4.02. The van der Waals surface area contributed by atoms with Crippen molar-refractivity contribution in [3.05, 3.63) is 57.1 Å². The molecule has 0 aliphatic rings. The Hall–Kier alpha value is -2.31. The molecule has 0 aliphatic heterocycles. The molecule has 2 heterocycles. The first kappa shape index (κ1) is 15.1. The summed E-state index contributed by atoms with van der Waals surface area (Å²) in [7, 11) is 0. The number of aromatic amines is 1. The molecular weight excluding hydrogens is 283 g/mol. The quantitative estimate of drug-likeness (QED) is 0.915. The van der Waals surface area contributed by atoms with Gasteiger partial charge in [-0.15, -0.1) is 0 Å². The van der Waals surface area contributed by atoms with Gasteiger partial charge in [-0.3, -0.25) is 4.79 Å². The Morgan fingerprint density at radius 1 is 1.29 bits per heavy atom. The second-order valence-corrected chi connectivity index (χ2v) is 4.70. The van der Waals surface area contributed by atoms with E-state index in [0.29, 0.717) is 5.56 Å². The number of nitrogens with one attached hydrogen (secondary N) is 2. The molecule has 0 saturated heterocycles. The average molecular weight is 297 g/mol. The van der Waals surface area contributed by atoms with Gasteiger partial charge in [-0.25, -0.2) is 4.98 Å². The van der Waals surface area contributed by atoms with Gasteiger partial charge < -0.3 is 10.3 Å². The first-order chi connectivity index (χ1) is 9.77. The fourth-order valence-corrected chi connectivity index (χ4v) is 1.97. The molecule has 0 fully saturated rings. The molecule has 0 aromatic carbocycles. The summed E-state index contributed by atoms with van der Waals surface area (Å²) in [6.07, 6.45) is -4.49. The lowest BCUT2D eigenvalue weighted by Gasteiger charge is -2.10. The van der Waals surface area contributed by atoms with Gasteiger partial charge in [-0.05, 0) is 37.6 Å². The van der Waals surface area contributed by atoms with Crippen LogP contribution in [0.15, 0.2) is 29.1 Å². The highest BCUT2D eigenvalue weighted by molar-refractivity contribution is 5.38. The van der Waals surface area contributed by atoms with Crippen molar-refractivity contribution in [1.82, 2.24) is 9.97 Å². The normalized spacial score (nSPS) is 11.5. The number of halogens is 3. The number of hydrogen-bond donors (Lipinski definition) is 2. The molecule has 0 amide bonds. The summed E-state index contributed by atoms with van der Waals surface area (Å²) in [6.45, 7) is 3.65. The Bertz CT molecular complexity index is 707. The first-order valence-electron chi connectivity index (χ1n) is 6.25. The van der Waals surface area contributed by atoms with Crippen molar-refractivity contribution in [1.29, 1.82) is 0 Å². The molecule has 2 aromatic heterocycles. The highest BCUT2D eigenvalue weighted by atomic mass is 19.4.